The van der Waals surface area contributed by atoms with Gasteiger partial charge in [0.15, 0.2) is 0 Å². The molecular formula is C11H12Cl2N2O. The number of para-hydroxylation sites is 1. The van der Waals surface area contributed by atoms with Crippen molar-refractivity contribution in [2.24, 2.45) is 0 Å². The van der Waals surface area contributed by atoms with Gasteiger partial charge in [-0.3, -0.25) is 0 Å². The minimum Gasteiger partial charge on any atom is -0.383 e. The lowest BCUT2D eigenvalue weighted by Crippen LogP contribution is -2.07. The van der Waals surface area contributed by atoms with E-state index >= 15 is 0 Å². The number of alkyl halides is 1. The number of fused-ring (bicyclic) bond motifs is 1. The molecule has 0 bridgehead atoms. The van der Waals surface area contributed by atoms with Gasteiger partial charge in [-0.2, -0.15) is 0 Å². The zero-order valence-corrected chi connectivity index (χ0v) is 10.4. The van der Waals surface area contributed by atoms with Crippen LogP contribution < -0.4 is 0 Å². The molecule has 0 unspecified atom stereocenters. The molecule has 0 N–H and O–H groups in total. The summed E-state index contributed by atoms with van der Waals surface area (Å²) in [5, 5.41) is 0.692. The smallest absolute Gasteiger partial charge is 0.124 e. The highest BCUT2D eigenvalue weighted by Gasteiger charge is 2.11. The molecule has 3 nitrogen and oxygen atoms in total. The van der Waals surface area contributed by atoms with Crippen molar-refractivity contribution in [2.75, 3.05) is 13.7 Å². The monoisotopic (exact) mass is 258 g/mol. The molecule has 0 aliphatic rings. The normalized spacial score (nSPS) is 11.2. The molecule has 1 aromatic carbocycles. The molecule has 86 valence electrons. The van der Waals surface area contributed by atoms with Gasteiger partial charge in [-0.05, 0) is 12.1 Å². The largest absolute Gasteiger partial charge is 0.383 e. The molecule has 0 spiro atoms. The maximum Gasteiger partial charge on any atom is 0.124 e. The van der Waals surface area contributed by atoms with E-state index in [4.69, 9.17) is 27.9 Å². The number of ether oxygens (including phenoxy) is 1. The summed E-state index contributed by atoms with van der Waals surface area (Å²) in [6.45, 7) is 1.32. The topological polar surface area (TPSA) is 27.1 Å². The van der Waals surface area contributed by atoms with E-state index in [-0.39, 0.29) is 0 Å². The number of methoxy groups -OCH3 is 1. The summed E-state index contributed by atoms with van der Waals surface area (Å²) >= 11 is 12.0. The number of hydrogen-bond acceptors (Lipinski definition) is 2. The van der Waals surface area contributed by atoms with Gasteiger partial charge in [0.1, 0.15) is 5.82 Å². The standard InChI is InChI=1S/C11H12Cl2N2O/c1-16-6-5-15-10(7-12)14-9-4-2-3-8(13)11(9)15/h2-4H,5-7H2,1H3. The number of benzene rings is 1. The second-order valence-corrected chi connectivity index (χ2v) is 4.09. The summed E-state index contributed by atoms with van der Waals surface area (Å²) in [5.41, 5.74) is 1.80. The Morgan fingerprint density at radius 3 is 2.94 bits per heavy atom. The van der Waals surface area contributed by atoms with E-state index in [1.807, 2.05) is 22.8 Å². The van der Waals surface area contributed by atoms with Crippen LogP contribution in [0.4, 0.5) is 0 Å². The molecule has 5 heteroatoms. The van der Waals surface area contributed by atoms with Gasteiger partial charge in [0.25, 0.3) is 0 Å². The fourth-order valence-electron chi connectivity index (χ4n) is 1.72. The molecule has 0 saturated carbocycles. The molecule has 0 fully saturated rings. The van der Waals surface area contributed by atoms with Crippen LogP contribution in [0.2, 0.25) is 5.02 Å². The lowest BCUT2D eigenvalue weighted by Gasteiger charge is -2.07. The molecule has 0 aliphatic heterocycles. The lowest BCUT2D eigenvalue weighted by atomic mass is 10.3. The first kappa shape index (κ1) is 11.7. The first-order valence-electron chi connectivity index (χ1n) is 4.96. The molecule has 0 radical (unpaired) electrons. The third kappa shape index (κ3) is 2.03. The van der Waals surface area contributed by atoms with E-state index in [2.05, 4.69) is 4.98 Å². The van der Waals surface area contributed by atoms with Crippen LogP contribution in [-0.4, -0.2) is 23.3 Å². The molecule has 1 heterocycles. The van der Waals surface area contributed by atoms with E-state index in [0.717, 1.165) is 16.9 Å². The third-order valence-corrected chi connectivity index (χ3v) is 2.98. The van der Waals surface area contributed by atoms with E-state index in [1.54, 1.807) is 7.11 Å². The molecule has 0 atom stereocenters. The van der Waals surface area contributed by atoms with Crippen molar-refractivity contribution in [2.45, 2.75) is 12.4 Å². The van der Waals surface area contributed by atoms with Gasteiger partial charge in [-0.25, -0.2) is 4.98 Å². The molecule has 0 saturated heterocycles. The fourth-order valence-corrected chi connectivity index (χ4v) is 2.19. The van der Waals surface area contributed by atoms with Gasteiger partial charge >= 0.3 is 0 Å². The summed E-state index contributed by atoms with van der Waals surface area (Å²) in [6, 6.07) is 5.67. The first-order chi connectivity index (χ1) is 7.77. The molecular weight excluding hydrogens is 247 g/mol. The van der Waals surface area contributed by atoms with Crippen LogP contribution in [0, 0.1) is 0 Å². The summed E-state index contributed by atoms with van der Waals surface area (Å²) < 4.78 is 7.08. The number of hydrogen-bond donors (Lipinski definition) is 0. The van der Waals surface area contributed by atoms with Gasteiger partial charge < -0.3 is 9.30 Å². The molecule has 0 aliphatic carbocycles. The van der Waals surface area contributed by atoms with Crippen molar-refractivity contribution >= 4 is 34.2 Å². The molecule has 0 amide bonds. The van der Waals surface area contributed by atoms with E-state index in [9.17, 15) is 0 Å². The second kappa shape index (κ2) is 5.04. The second-order valence-electron chi connectivity index (χ2n) is 3.41. The maximum absolute atomic E-state index is 6.17. The van der Waals surface area contributed by atoms with Crippen LogP contribution in [0.15, 0.2) is 18.2 Å². The van der Waals surface area contributed by atoms with Crippen LogP contribution in [0.1, 0.15) is 5.82 Å². The fraction of sp³-hybridized carbons (Fsp3) is 0.364. The van der Waals surface area contributed by atoms with E-state index in [1.165, 1.54) is 0 Å². The van der Waals surface area contributed by atoms with Crippen LogP contribution in [0.3, 0.4) is 0 Å². The maximum atomic E-state index is 6.17. The Labute approximate surface area is 104 Å². The molecule has 2 rings (SSSR count). The Kier molecular flexibility index (Phi) is 3.69. The van der Waals surface area contributed by atoms with Crippen molar-refractivity contribution in [3.63, 3.8) is 0 Å². The molecule has 1 aromatic heterocycles. The van der Waals surface area contributed by atoms with E-state index < -0.39 is 0 Å². The average molecular weight is 259 g/mol. The Hall–Kier alpha value is -0.770. The summed E-state index contributed by atoms with van der Waals surface area (Å²) in [4.78, 5) is 4.44. The highest BCUT2D eigenvalue weighted by atomic mass is 35.5. The summed E-state index contributed by atoms with van der Waals surface area (Å²) in [6.07, 6.45) is 0. The molecule has 2 aromatic rings. The summed E-state index contributed by atoms with van der Waals surface area (Å²) in [5.74, 6) is 1.19. The molecule has 16 heavy (non-hydrogen) atoms. The minimum atomic E-state index is 0.370. The SMILES string of the molecule is COCCn1c(CCl)nc2cccc(Cl)c21. The van der Waals surface area contributed by atoms with E-state index in [0.29, 0.717) is 24.1 Å². The highest BCUT2D eigenvalue weighted by molar-refractivity contribution is 6.35. The Morgan fingerprint density at radius 2 is 2.25 bits per heavy atom. The van der Waals surface area contributed by atoms with Crippen LogP contribution in [0.25, 0.3) is 11.0 Å². The number of nitrogens with zero attached hydrogens (tertiary/aromatic N) is 2. The Bertz CT molecular complexity index is 496. The summed E-state index contributed by atoms with van der Waals surface area (Å²) in [7, 11) is 1.67. The number of imidazole rings is 1. The van der Waals surface area contributed by atoms with Crippen molar-refractivity contribution in [3.05, 3.63) is 29.0 Å². The van der Waals surface area contributed by atoms with Gasteiger partial charge in [0, 0.05) is 13.7 Å². The predicted octanol–water partition coefficient (Wildman–Crippen LogP) is 3.07. The lowest BCUT2D eigenvalue weighted by molar-refractivity contribution is 0.187. The number of halogens is 2. The zero-order chi connectivity index (χ0) is 11.5. The van der Waals surface area contributed by atoms with Gasteiger partial charge in [-0.1, -0.05) is 17.7 Å². The predicted molar refractivity (Wildman–Crippen MR) is 66.2 cm³/mol. The average Bonchev–Trinajstić information content (AvgIpc) is 2.65. The first-order valence-corrected chi connectivity index (χ1v) is 5.87. The van der Waals surface area contributed by atoms with Crippen LogP contribution in [0.5, 0.6) is 0 Å². The van der Waals surface area contributed by atoms with Crippen LogP contribution >= 0.6 is 23.2 Å². The number of rotatable bonds is 4. The zero-order valence-electron chi connectivity index (χ0n) is 8.91. The third-order valence-electron chi connectivity index (χ3n) is 2.44. The van der Waals surface area contributed by atoms with Crippen molar-refractivity contribution in [3.8, 4) is 0 Å². The minimum absolute atomic E-state index is 0.370. The van der Waals surface area contributed by atoms with Crippen LogP contribution in [-0.2, 0) is 17.2 Å². The Morgan fingerprint density at radius 1 is 1.44 bits per heavy atom. The van der Waals surface area contributed by atoms with Crippen molar-refractivity contribution in [1.82, 2.24) is 9.55 Å². The van der Waals surface area contributed by atoms with Crippen molar-refractivity contribution in [1.29, 1.82) is 0 Å². The van der Waals surface area contributed by atoms with Crippen molar-refractivity contribution < 1.29 is 4.74 Å². The quantitative estimate of drug-likeness (QED) is 0.789. The van der Waals surface area contributed by atoms with Gasteiger partial charge in [-0.15, -0.1) is 11.6 Å². The van der Waals surface area contributed by atoms with Gasteiger partial charge in [0.2, 0.25) is 0 Å². The number of aromatic nitrogens is 2. The highest BCUT2D eigenvalue weighted by Crippen LogP contribution is 2.25. The van der Waals surface area contributed by atoms with Gasteiger partial charge in [0.05, 0.1) is 28.5 Å². The Balaban J connectivity index is 2.56.